The number of amides is 1. The van der Waals surface area contributed by atoms with E-state index in [4.69, 9.17) is 10.5 Å². The van der Waals surface area contributed by atoms with Gasteiger partial charge in [0.25, 0.3) is 0 Å². The van der Waals surface area contributed by atoms with Gasteiger partial charge in [-0.15, -0.1) is 0 Å². The molecule has 0 aliphatic rings. The molecule has 0 fully saturated rings. The Morgan fingerprint density at radius 2 is 1.94 bits per heavy atom. The summed E-state index contributed by atoms with van der Waals surface area (Å²) in [5, 5.41) is 5.96. The molecule has 1 amide bonds. The Morgan fingerprint density at radius 3 is 2.47 bits per heavy atom. The van der Waals surface area contributed by atoms with Crippen LogP contribution in [0.25, 0.3) is 0 Å². The van der Waals surface area contributed by atoms with Crippen LogP contribution in [0.3, 0.4) is 0 Å². The van der Waals surface area contributed by atoms with Crippen molar-refractivity contribution in [1.82, 2.24) is 0 Å². The molecule has 0 aliphatic carbocycles. The van der Waals surface area contributed by atoms with Gasteiger partial charge in [0.15, 0.2) is 0 Å². The van der Waals surface area contributed by atoms with Crippen molar-refractivity contribution in [3.05, 3.63) is 24.3 Å². The van der Waals surface area contributed by atoms with Gasteiger partial charge in [-0.05, 0) is 31.2 Å². The van der Waals surface area contributed by atoms with Crippen molar-refractivity contribution in [2.45, 2.75) is 13.0 Å². The van der Waals surface area contributed by atoms with Crippen LogP contribution in [0.5, 0.6) is 0 Å². The Hall–Kier alpha value is -1.59. The lowest BCUT2D eigenvalue weighted by atomic mass is 10.2. The van der Waals surface area contributed by atoms with Crippen molar-refractivity contribution in [2.75, 3.05) is 30.9 Å². The van der Waals surface area contributed by atoms with E-state index in [0.717, 1.165) is 11.4 Å². The van der Waals surface area contributed by atoms with Crippen LogP contribution in [0, 0.1) is 0 Å². The molecular weight excluding hydrogens is 218 g/mol. The second-order valence-electron chi connectivity index (χ2n) is 3.84. The van der Waals surface area contributed by atoms with Crippen LogP contribution >= 0.6 is 0 Å². The van der Waals surface area contributed by atoms with Crippen molar-refractivity contribution < 1.29 is 9.53 Å². The molecule has 0 spiro atoms. The Morgan fingerprint density at radius 1 is 1.35 bits per heavy atom. The highest BCUT2D eigenvalue weighted by Crippen LogP contribution is 2.14. The standard InChI is InChI=1S/C12H19N3O2/c1-9(7-13)14-10-3-5-11(6-4-10)15-12(16)8-17-2/h3-6,9,14H,7-8,13H2,1-2H3,(H,15,16). The predicted octanol–water partition coefficient (Wildman–Crippen LogP) is 1.03. The fraction of sp³-hybridized carbons (Fsp3) is 0.417. The zero-order valence-electron chi connectivity index (χ0n) is 10.2. The second kappa shape index (κ2) is 6.88. The van der Waals surface area contributed by atoms with E-state index in [1.165, 1.54) is 7.11 Å². The van der Waals surface area contributed by atoms with Gasteiger partial charge < -0.3 is 21.1 Å². The van der Waals surface area contributed by atoms with Gasteiger partial charge in [0.1, 0.15) is 6.61 Å². The van der Waals surface area contributed by atoms with Crippen LogP contribution in [0.4, 0.5) is 11.4 Å². The molecule has 17 heavy (non-hydrogen) atoms. The first kappa shape index (κ1) is 13.5. The second-order valence-corrected chi connectivity index (χ2v) is 3.84. The predicted molar refractivity (Wildman–Crippen MR) is 69.1 cm³/mol. The molecule has 1 unspecified atom stereocenters. The number of nitrogens with two attached hydrogens (primary N) is 1. The fourth-order valence-corrected chi connectivity index (χ4v) is 1.32. The number of benzene rings is 1. The van der Waals surface area contributed by atoms with E-state index in [0.29, 0.717) is 6.54 Å². The van der Waals surface area contributed by atoms with Crippen LogP contribution < -0.4 is 16.4 Å². The number of rotatable bonds is 6. The highest BCUT2D eigenvalue weighted by molar-refractivity contribution is 5.91. The Kier molecular flexibility index (Phi) is 5.45. The van der Waals surface area contributed by atoms with Gasteiger partial charge >= 0.3 is 0 Å². The third-order valence-corrected chi connectivity index (χ3v) is 2.21. The van der Waals surface area contributed by atoms with Gasteiger partial charge in [-0.25, -0.2) is 0 Å². The van der Waals surface area contributed by atoms with Crippen molar-refractivity contribution in [1.29, 1.82) is 0 Å². The summed E-state index contributed by atoms with van der Waals surface area (Å²) in [5.74, 6) is -0.163. The number of hydrogen-bond acceptors (Lipinski definition) is 4. The minimum absolute atomic E-state index is 0.0597. The summed E-state index contributed by atoms with van der Waals surface area (Å²) in [5.41, 5.74) is 7.24. The van der Waals surface area contributed by atoms with Crippen LogP contribution in [-0.2, 0) is 9.53 Å². The Balaban J connectivity index is 2.52. The van der Waals surface area contributed by atoms with E-state index >= 15 is 0 Å². The molecule has 1 aromatic rings. The summed E-state index contributed by atoms with van der Waals surface area (Å²) in [4.78, 5) is 11.3. The number of ether oxygens (including phenoxy) is 1. The third kappa shape index (κ3) is 4.84. The average molecular weight is 237 g/mol. The summed E-state index contributed by atoms with van der Waals surface area (Å²) in [6, 6.07) is 7.69. The summed E-state index contributed by atoms with van der Waals surface area (Å²) >= 11 is 0. The third-order valence-electron chi connectivity index (χ3n) is 2.21. The van der Waals surface area contributed by atoms with E-state index < -0.39 is 0 Å². The Bertz CT molecular complexity index is 351. The lowest BCUT2D eigenvalue weighted by Crippen LogP contribution is -2.25. The molecule has 0 radical (unpaired) electrons. The number of anilines is 2. The molecular formula is C12H19N3O2. The first-order valence-electron chi connectivity index (χ1n) is 5.51. The topological polar surface area (TPSA) is 76.4 Å². The van der Waals surface area contributed by atoms with E-state index in [9.17, 15) is 4.79 Å². The molecule has 5 heteroatoms. The van der Waals surface area contributed by atoms with Crippen molar-refractivity contribution >= 4 is 17.3 Å². The summed E-state index contributed by atoms with van der Waals surface area (Å²) in [6.07, 6.45) is 0. The zero-order valence-corrected chi connectivity index (χ0v) is 10.2. The maximum atomic E-state index is 11.3. The highest BCUT2D eigenvalue weighted by Gasteiger charge is 2.02. The minimum Gasteiger partial charge on any atom is -0.381 e. The highest BCUT2D eigenvalue weighted by atomic mass is 16.5. The number of nitrogens with one attached hydrogen (secondary N) is 2. The maximum Gasteiger partial charge on any atom is 0.250 e. The van der Waals surface area contributed by atoms with Crippen molar-refractivity contribution in [2.24, 2.45) is 5.73 Å². The SMILES string of the molecule is COCC(=O)Nc1ccc(NC(C)CN)cc1. The molecule has 0 bridgehead atoms. The van der Waals surface area contributed by atoms with Gasteiger partial charge in [-0.2, -0.15) is 0 Å². The van der Waals surface area contributed by atoms with Crippen LogP contribution in [0.2, 0.25) is 0 Å². The lowest BCUT2D eigenvalue weighted by Gasteiger charge is -2.13. The zero-order chi connectivity index (χ0) is 12.7. The molecule has 4 N–H and O–H groups in total. The first-order valence-corrected chi connectivity index (χ1v) is 5.51. The fourth-order valence-electron chi connectivity index (χ4n) is 1.32. The Labute approximate surface area is 101 Å². The van der Waals surface area contributed by atoms with E-state index in [1.807, 2.05) is 31.2 Å². The monoisotopic (exact) mass is 237 g/mol. The summed E-state index contributed by atoms with van der Waals surface area (Å²) < 4.78 is 4.73. The average Bonchev–Trinajstić information content (AvgIpc) is 2.32. The molecule has 1 atom stereocenters. The van der Waals surface area contributed by atoms with Crippen molar-refractivity contribution in [3.8, 4) is 0 Å². The molecule has 1 rings (SSSR count). The molecule has 0 aliphatic heterocycles. The summed E-state index contributed by atoms with van der Waals surface area (Å²) in [7, 11) is 1.49. The van der Waals surface area contributed by atoms with E-state index in [2.05, 4.69) is 10.6 Å². The molecule has 5 nitrogen and oxygen atoms in total. The van der Waals surface area contributed by atoms with Gasteiger partial charge in [-0.1, -0.05) is 0 Å². The number of hydrogen-bond donors (Lipinski definition) is 3. The van der Waals surface area contributed by atoms with Gasteiger partial charge in [0.05, 0.1) is 0 Å². The van der Waals surface area contributed by atoms with Gasteiger partial charge in [0.2, 0.25) is 5.91 Å². The molecule has 0 aromatic heterocycles. The number of carbonyl (C=O) groups excluding carboxylic acids is 1. The smallest absolute Gasteiger partial charge is 0.250 e. The lowest BCUT2D eigenvalue weighted by molar-refractivity contribution is -0.119. The van der Waals surface area contributed by atoms with E-state index in [-0.39, 0.29) is 18.6 Å². The molecule has 0 saturated carbocycles. The number of carbonyl (C=O) groups is 1. The van der Waals surface area contributed by atoms with E-state index in [1.54, 1.807) is 0 Å². The van der Waals surface area contributed by atoms with Gasteiger partial charge in [-0.3, -0.25) is 4.79 Å². The summed E-state index contributed by atoms with van der Waals surface area (Å²) in [6.45, 7) is 2.64. The van der Waals surface area contributed by atoms with Crippen LogP contribution in [0.1, 0.15) is 6.92 Å². The van der Waals surface area contributed by atoms with Crippen molar-refractivity contribution in [3.63, 3.8) is 0 Å². The molecule has 0 heterocycles. The molecule has 1 aromatic carbocycles. The normalized spacial score (nSPS) is 11.9. The first-order chi connectivity index (χ1) is 8.15. The van der Waals surface area contributed by atoms with Gasteiger partial charge in [0, 0.05) is 31.1 Å². The molecule has 94 valence electrons. The minimum atomic E-state index is -0.163. The van der Waals surface area contributed by atoms with Crippen LogP contribution in [0.15, 0.2) is 24.3 Å². The maximum absolute atomic E-state index is 11.3. The largest absolute Gasteiger partial charge is 0.381 e. The number of methoxy groups -OCH3 is 1. The van der Waals surface area contributed by atoms with Crippen LogP contribution in [-0.4, -0.2) is 32.2 Å². The molecule has 0 saturated heterocycles. The quantitative estimate of drug-likeness (QED) is 0.690.